The first kappa shape index (κ1) is 19.1. The Morgan fingerprint density at radius 2 is 1.86 bits per heavy atom. The lowest BCUT2D eigenvalue weighted by atomic mass is 9.84. The smallest absolute Gasteiger partial charge is 0.265 e. The van der Waals surface area contributed by atoms with E-state index < -0.39 is 0 Å². The molecule has 2 amide bonds. The van der Waals surface area contributed by atoms with Gasteiger partial charge in [-0.15, -0.1) is 11.3 Å². The summed E-state index contributed by atoms with van der Waals surface area (Å²) in [5.41, 5.74) is 1.54. The molecule has 0 unspecified atom stereocenters. The topological polar surface area (TPSA) is 53.5 Å². The van der Waals surface area contributed by atoms with Gasteiger partial charge in [0.25, 0.3) is 5.91 Å². The lowest BCUT2D eigenvalue weighted by Crippen LogP contribution is -2.53. The normalized spacial score (nSPS) is 18.9. The molecule has 0 aliphatic carbocycles. The average molecular weight is 402 g/mol. The molecule has 0 atom stereocenters. The van der Waals surface area contributed by atoms with E-state index in [1.807, 2.05) is 23.6 Å². The van der Waals surface area contributed by atoms with E-state index >= 15 is 0 Å². The minimum atomic E-state index is -0.272. The maximum absolute atomic E-state index is 13.2. The van der Waals surface area contributed by atoms with Crippen molar-refractivity contribution >= 4 is 23.2 Å². The van der Waals surface area contributed by atoms with E-state index in [1.54, 1.807) is 12.1 Å². The highest BCUT2D eigenvalue weighted by Crippen LogP contribution is 2.40. The summed E-state index contributed by atoms with van der Waals surface area (Å²) in [6, 6.07) is 6.34. The molecule has 4 rings (SSSR count). The summed E-state index contributed by atoms with van der Waals surface area (Å²) in [5.74, 6) is -0.0722. The number of aromatic nitrogens is 1. The van der Waals surface area contributed by atoms with Gasteiger partial charge in [0, 0.05) is 31.6 Å². The van der Waals surface area contributed by atoms with Crippen LogP contribution in [0.15, 0.2) is 24.3 Å². The zero-order valence-corrected chi connectivity index (χ0v) is 17.0. The molecule has 28 heavy (non-hydrogen) atoms. The minimum absolute atomic E-state index is 0.0485. The first-order valence-electron chi connectivity index (χ1n) is 9.66. The number of thiazole rings is 1. The molecule has 5 nitrogen and oxygen atoms in total. The molecule has 2 aliphatic rings. The first-order valence-corrected chi connectivity index (χ1v) is 10.5. The number of aryl methyl sites for hydroxylation is 2. The van der Waals surface area contributed by atoms with Gasteiger partial charge in [-0.3, -0.25) is 9.59 Å². The number of amides is 2. The molecule has 0 N–H and O–H groups in total. The Bertz CT molecular complexity index is 901. The Hall–Kier alpha value is -2.28. The molecule has 0 radical (unpaired) electrons. The maximum atomic E-state index is 13.2. The summed E-state index contributed by atoms with van der Waals surface area (Å²) < 4.78 is 13.2. The van der Waals surface area contributed by atoms with E-state index in [0.717, 1.165) is 40.4 Å². The highest BCUT2D eigenvalue weighted by atomic mass is 32.1. The predicted octanol–water partition coefficient (Wildman–Crippen LogP) is 3.70. The van der Waals surface area contributed by atoms with Crippen LogP contribution in [-0.4, -0.2) is 45.2 Å². The molecule has 2 aliphatic heterocycles. The first-order chi connectivity index (χ1) is 13.4. The number of hydrogen-bond acceptors (Lipinski definition) is 4. The Morgan fingerprint density at radius 1 is 1.18 bits per heavy atom. The standard InChI is InChI=1S/C21H24FN3O2S/c1-14-19(28-15(2)23-14)20(27)24-11-9-21(10-12-24)8-7-18(26)25(21)13-16-3-5-17(22)6-4-16/h3-6H,7-13H2,1-2H3. The minimum Gasteiger partial charge on any atom is -0.338 e. The summed E-state index contributed by atoms with van der Waals surface area (Å²) in [6.07, 6.45) is 2.93. The lowest BCUT2D eigenvalue weighted by molar-refractivity contribution is -0.133. The molecule has 1 spiro atoms. The van der Waals surface area contributed by atoms with Crippen molar-refractivity contribution in [1.82, 2.24) is 14.8 Å². The van der Waals surface area contributed by atoms with E-state index in [1.165, 1.54) is 23.5 Å². The van der Waals surface area contributed by atoms with Gasteiger partial charge in [-0.05, 0) is 50.8 Å². The average Bonchev–Trinajstić information content (AvgIpc) is 3.17. The highest BCUT2D eigenvalue weighted by molar-refractivity contribution is 7.13. The summed E-state index contributed by atoms with van der Waals surface area (Å²) in [5, 5.41) is 0.904. The van der Waals surface area contributed by atoms with E-state index in [0.29, 0.717) is 26.1 Å². The van der Waals surface area contributed by atoms with E-state index in [2.05, 4.69) is 4.98 Å². The number of benzene rings is 1. The van der Waals surface area contributed by atoms with Gasteiger partial charge in [0.05, 0.1) is 10.7 Å². The Kier molecular flexibility index (Phi) is 4.95. The van der Waals surface area contributed by atoms with Crippen molar-refractivity contribution in [3.05, 3.63) is 51.2 Å². The molecule has 1 aromatic heterocycles. The van der Waals surface area contributed by atoms with Gasteiger partial charge in [0.15, 0.2) is 0 Å². The van der Waals surface area contributed by atoms with Crippen LogP contribution in [0, 0.1) is 19.7 Å². The molecule has 2 aromatic rings. The van der Waals surface area contributed by atoms with Crippen LogP contribution in [0.3, 0.4) is 0 Å². The summed E-state index contributed by atoms with van der Waals surface area (Å²) >= 11 is 1.45. The van der Waals surface area contributed by atoms with Crippen LogP contribution in [-0.2, 0) is 11.3 Å². The van der Waals surface area contributed by atoms with Gasteiger partial charge >= 0.3 is 0 Å². The highest BCUT2D eigenvalue weighted by Gasteiger charge is 2.47. The molecular formula is C21H24FN3O2S. The second-order valence-corrected chi connectivity index (χ2v) is 8.97. The van der Waals surface area contributed by atoms with Gasteiger partial charge < -0.3 is 9.80 Å². The van der Waals surface area contributed by atoms with Gasteiger partial charge in [-0.25, -0.2) is 9.37 Å². The van der Waals surface area contributed by atoms with Crippen LogP contribution in [0.25, 0.3) is 0 Å². The number of carbonyl (C=O) groups excluding carboxylic acids is 2. The number of halogens is 1. The molecule has 3 heterocycles. The zero-order valence-electron chi connectivity index (χ0n) is 16.2. The molecular weight excluding hydrogens is 377 g/mol. The molecule has 1 aromatic carbocycles. The van der Waals surface area contributed by atoms with Crippen LogP contribution in [0.1, 0.15) is 51.6 Å². The van der Waals surface area contributed by atoms with Crippen LogP contribution in [0.5, 0.6) is 0 Å². The predicted molar refractivity (Wildman–Crippen MR) is 106 cm³/mol. The van der Waals surface area contributed by atoms with Crippen molar-refractivity contribution in [2.75, 3.05) is 13.1 Å². The molecule has 0 saturated carbocycles. The van der Waals surface area contributed by atoms with E-state index in [4.69, 9.17) is 0 Å². The number of carbonyl (C=O) groups is 2. The van der Waals surface area contributed by atoms with Crippen molar-refractivity contribution < 1.29 is 14.0 Å². The number of hydrogen-bond donors (Lipinski definition) is 0. The molecule has 2 saturated heterocycles. The van der Waals surface area contributed by atoms with Crippen molar-refractivity contribution in [2.24, 2.45) is 0 Å². The van der Waals surface area contributed by atoms with Crippen LogP contribution < -0.4 is 0 Å². The SMILES string of the molecule is Cc1nc(C)c(C(=O)N2CCC3(CCC(=O)N3Cc3ccc(F)cc3)CC2)s1. The third kappa shape index (κ3) is 3.43. The summed E-state index contributed by atoms with van der Waals surface area (Å²) in [4.78, 5) is 34.4. The number of likely N-dealkylation sites (tertiary alicyclic amines) is 2. The van der Waals surface area contributed by atoms with Crippen LogP contribution >= 0.6 is 11.3 Å². The third-order valence-electron chi connectivity index (χ3n) is 6.01. The van der Waals surface area contributed by atoms with Crippen molar-refractivity contribution in [3.63, 3.8) is 0 Å². The Morgan fingerprint density at radius 3 is 2.46 bits per heavy atom. The Balaban J connectivity index is 1.47. The number of nitrogens with zero attached hydrogens (tertiary/aromatic N) is 3. The second-order valence-electron chi connectivity index (χ2n) is 7.77. The Labute approximate surface area is 168 Å². The third-order valence-corrected chi connectivity index (χ3v) is 7.07. The molecule has 2 fully saturated rings. The zero-order chi connectivity index (χ0) is 19.9. The summed E-state index contributed by atoms with van der Waals surface area (Å²) in [7, 11) is 0. The quantitative estimate of drug-likeness (QED) is 0.788. The van der Waals surface area contributed by atoms with Crippen LogP contribution in [0.2, 0.25) is 0 Å². The fraction of sp³-hybridized carbons (Fsp3) is 0.476. The van der Waals surface area contributed by atoms with Gasteiger partial charge in [-0.2, -0.15) is 0 Å². The fourth-order valence-electron chi connectivity index (χ4n) is 4.42. The van der Waals surface area contributed by atoms with Crippen molar-refractivity contribution in [3.8, 4) is 0 Å². The largest absolute Gasteiger partial charge is 0.338 e. The van der Waals surface area contributed by atoms with Gasteiger partial charge in [0.1, 0.15) is 10.7 Å². The van der Waals surface area contributed by atoms with E-state index in [9.17, 15) is 14.0 Å². The number of rotatable bonds is 3. The number of piperidine rings is 1. The lowest BCUT2D eigenvalue weighted by Gasteiger charge is -2.45. The van der Waals surface area contributed by atoms with Crippen molar-refractivity contribution in [1.29, 1.82) is 0 Å². The fourth-order valence-corrected chi connectivity index (χ4v) is 5.31. The monoisotopic (exact) mass is 401 g/mol. The second kappa shape index (κ2) is 7.28. The van der Waals surface area contributed by atoms with Crippen molar-refractivity contribution in [2.45, 2.75) is 51.6 Å². The summed E-state index contributed by atoms with van der Waals surface area (Å²) in [6.45, 7) is 5.57. The van der Waals surface area contributed by atoms with Gasteiger partial charge in [0.2, 0.25) is 5.91 Å². The molecule has 0 bridgehead atoms. The van der Waals surface area contributed by atoms with E-state index in [-0.39, 0.29) is 23.2 Å². The molecule has 7 heteroatoms. The molecule has 148 valence electrons. The maximum Gasteiger partial charge on any atom is 0.265 e. The van der Waals surface area contributed by atoms with Crippen LogP contribution in [0.4, 0.5) is 4.39 Å². The van der Waals surface area contributed by atoms with Gasteiger partial charge in [-0.1, -0.05) is 12.1 Å².